The van der Waals surface area contributed by atoms with Crippen molar-refractivity contribution in [2.24, 2.45) is 11.8 Å². The summed E-state index contributed by atoms with van der Waals surface area (Å²) in [4.78, 5) is 28.6. The van der Waals surface area contributed by atoms with Gasteiger partial charge in [0.2, 0.25) is 5.91 Å². The van der Waals surface area contributed by atoms with Crippen LogP contribution in [0.25, 0.3) is 0 Å². The molecule has 1 aliphatic heterocycles. The highest BCUT2D eigenvalue weighted by molar-refractivity contribution is 5.96. The van der Waals surface area contributed by atoms with Crippen LogP contribution in [0.2, 0.25) is 0 Å². The van der Waals surface area contributed by atoms with Gasteiger partial charge in [0.25, 0.3) is 0 Å². The zero-order valence-electron chi connectivity index (χ0n) is 16.5. The highest BCUT2D eigenvalue weighted by atomic mass is 19.1. The van der Waals surface area contributed by atoms with Gasteiger partial charge in [-0.1, -0.05) is 13.8 Å². The van der Waals surface area contributed by atoms with E-state index >= 15 is 0 Å². The molecule has 0 unspecified atom stereocenters. The van der Waals surface area contributed by atoms with Crippen LogP contribution in [0.4, 0.5) is 10.1 Å². The molecule has 1 saturated heterocycles. The molecule has 1 aliphatic carbocycles. The molecule has 3 rings (SSSR count). The average Bonchev–Trinajstić information content (AvgIpc) is 2.68. The first-order valence-corrected chi connectivity index (χ1v) is 10.4. The molecule has 1 aromatic rings. The fourth-order valence-corrected chi connectivity index (χ4v) is 4.24. The van der Waals surface area contributed by atoms with Crippen molar-refractivity contribution >= 4 is 17.4 Å². The van der Waals surface area contributed by atoms with Gasteiger partial charge in [0.1, 0.15) is 5.82 Å². The largest absolute Gasteiger partial charge is 0.366 e. The molecule has 5 heteroatoms. The van der Waals surface area contributed by atoms with E-state index in [2.05, 4.69) is 6.92 Å². The molecule has 148 valence electrons. The second-order valence-corrected chi connectivity index (χ2v) is 8.11. The summed E-state index contributed by atoms with van der Waals surface area (Å²) in [6.07, 6.45) is 5.50. The molecule has 1 aromatic carbocycles. The van der Waals surface area contributed by atoms with Crippen LogP contribution in [0.1, 0.15) is 62.7 Å². The van der Waals surface area contributed by atoms with Gasteiger partial charge in [-0.3, -0.25) is 9.59 Å². The highest BCUT2D eigenvalue weighted by Gasteiger charge is 2.30. The summed E-state index contributed by atoms with van der Waals surface area (Å²) in [7, 11) is 0. The number of anilines is 1. The SMILES string of the molecule is CCCC(=O)c1ccc(N2CCN(C(=O)C3CCC(C)CC3)CC2)c(F)c1. The van der Waals surface area contributed by atoms with E-state index in [4.69, 9.17) is 0 Å². The van der Waals surface area contributed by atoms with Crippen molar-refractivity contribution in [3.8, 4) is 0 Å². The van der Waals surface area contributed by atoms with Gasteiger partial charge in [0.15, 0.2) is 5.78 Å². The van der Waals surface area contributed by atoms with Gasteiger partial charge in [-0.05, 0) is 56.2 Å². The van der Waals surface area contributed by atoms with Gasteiger partial charge in [0, 0.05) is 44.1 Å². The molecule has 1 amide bonds. The summed E-state index contributed by atoms with van der Waals surface area (Å²) in [5.41, 5.74) is 0.972. The standard InChI is InChI=1S/C22H31FN2O2/c1-3-4-21(26)18-9-10-20(19(23)15-18)24-11-13-25(14-12-24)22(27)17-7-5-16(2)6-8-17/h9-10,15-17H,3-8,11-14H2,1-2H3. The van der Waals surface area contributed by atoms with Gasteiger partial charge in [-0.2, -0.15) is 0 Å². The number of Topliss-reactive ketones (excluding diaryl/α,β-unsaturated/α-hetero) is 1. The molecule has 0 N–H and O–H groups in total. The second kappa shape index (κ2) is 8.85. The third-order valence-electron chi connectivity index (χ3n) is 6.04. The number of hydrogen-bond donors (Lipinski definition) is 0. The van der Waals surface area contributed by atoms with Crippen molar-refractivity contribution in [2.75, 3.05) is 31.1 Å². The number of carbonyl (C=O) groups is 2. The maximum atomic E-state index is 14.5. The number of halogens is 1. The summed E-state index contributed by atoms with van der Waals surface area (Å²) in [6, 6.07) is 4.78. The molecule has 0 radical (unpaired) electrons. The number of piperazine rings is 1. The lowest BCUT2D eigenvalue weighted by Gasteiger charge is -2.38. The highest BCUT2D eigenvalue weighted by Crippen LogP contribution is 2.30. The first-order valence-electron chi connectivity index (χ1n) is 10.4. The third-order valence-corrected chi connectivity index (χ3v) is 6.04. The Hall–Kier alpha value is -1.91. The van der Waals surface area contributed by atoms with Crippen LogP contribution >= 0.6 is 0 Å². The predicted octanol–water partition coefficient (Wildman–Crippen LogP) is 4.28. The maximum Gasteiger partial charge on any atom is 0.225 e. The zero-order valence-corrected chi connectivity index (χ0v) is 16.5. The summed E-state index contributed by atoms with van der Waals surface area (Å²) < 4.78 is 14.5. The normalized spacial score (nSPS) is 23.4. The molecule has 1 saturated carbocycles. The minimum absolute atomic E-state index is 0.0137. The van der Waals surface area contributed by atoms with Crippen molar-refractivity contribution in [3.63, 3.8) is 0 Å². The second-order valence-electron chi connectivity index (χ2n) is 8.11. The molecule has 2 aliphatic rings. The molecule has 0 atom stereocenters. The van der Waals surface area contributed by atoms with Gasteiger partial charge < -0.3 is 9.80 Å². The van der Waals surface area contributed by atoms with E-state index in [1.54, 1.807) is 12.1 Å². The number of carbonyl (C=O) groups excluding carboxylic acids is 2. The minimum Gasteiger partial charge on any atom is -0.366 e. The molecule has 2 fully saturated rings. The van der Waals surface area contributed by atoms with E-state index in [0.717, 1.165) is 38.0 Å². The van der Waals surface area contributed by atoms with Crippen LogP contribution in [-0.2, 0) is 4.79 Å². The number of ketones is 1. The van der Waals surface area contributed by atoms with E-state index < -0.39 is 0 Å². The van der Waals surface area contributed by atoms with Crippen LogP contribution in [0, 0.1) is 17.7 Å². The molecule has 0 spiro atoms. The van der Waals surface area contributed by atoms with Gasteiger partial charge in [0.05, 0.1) is 5.69 Å². The molecular formula is C22H31FN2O2. The first kappa shape index (κ1) is 19.8. The summed E-state index contributed by atoms with van der Waals surface area (Å²) >= 11 is 0. The zero-order chi connectivity index (χ0) is 19.4. The Morgan fingerprint density at radius 2 is 1.74 bits per heavy atom. The van der Waals surface area contributed by atoms with Crippen molar-refractivity contribution in [1.82, 2.24) is 4.90 Å². The Bertz CT molecular complexity index is 675. The smallest absolute Gasteiger partial charge is 0.225 e. The van der Waals surface area contributed by atoms with E-state index in [1.165, 1.54) is 6.07 Å². The Morgan fingerprint density at radius 3 is 2.33 bits per heavy atom. The van der Waals surface area contributed by atoms with Crippen molar-refractivity contribution < 1.29 is 14.0 Å². The monoisotopic (exact) mass is 374 g/mol. The molecule has 4 nitrogen and oxygen atoms in total. The van der Waals surface area contributed by atoms with E-state index in [-0.39, 0.29) is 23.4 Å². The van der Waals surface area contributed by atoms with Gasteiger partial charge >= 0.3 is 0 Å². The Morgan fingerprint density at radius 1 is 1.07 bits per heavy atom. The Balaban J connectivity index is 1.57. The molecule has 0 aromatic heterocycles. The lowest BCUT2D eigenvalue weighted by atomic mass is 9.82. The number of hydrogen-bond acceptors (Lipinski definition) is 3. The van der Waals surface area contributed by atoms with Crippen LogP contribution < -0.4 is 4.90 Å². The van der Waals surface area contributed by atoms with Crippen LogP contribution in [0.15, 0.2) is 18.2 Å². The average molecular weight is 375 g/mol. The lowest BCUT2D eigenvalue weighted by Crippen LogP contribution is -2.51. The quantitative estimate of drug-likeness (QED) is 0.722. The van der Waals surface area contributed by atoms with Gasteiger partial charge in [-0.25, -0.2) is 4.39 Å². The fourth-order valence-electron chi connectivity index (χ4n) is 4.24. The van der Waals surface area contributed by atoms with Gasteiger partial charge in [-0.15, -0.1) is 0 Å². The first-order chi connectivity index (χ1) is 13.0. The maximum absolute atomic E-state index is 14.5. The molecule has 1 heterocycles. The fraction of sp³-hybridized carbons (Fsp3) is 0.636. The lowest BCUT2D eigenvalue weighted by molar-refractivity contribution is -0.137. The van der Waals surface area contributed by atoms with Crippen molar-refractivity contribution in [1.29, 1.82) is 0 Å². The van der Waals surface area contributed by atoms with Crippen molar-refractivity contribution in [3.05, 3.63) is 29.6 Å². The third kappa shape index (κ3) is 4.69. The van der Waals surface area contributed by atoms with Crippen LogP contribution in [0.3, 0.4) is 0 Å². The minimum atomic E-state index is -0.349. The van der Waals surface area contributed by atoms with E-state index in [0.29, 0.717) is 43.9 Å². The number of benzene rings is 1. The Labute approximate surface area is 161 Å². The molecular weight excluding hydrogens is 343 g/mol. The topological polar surface area (TPSA) is 40.6 Å². The molecule has 27 heavy (non-hydrogen) atoms. The summed E-state index contributed by atoms with van der Waals surface area (Å²) in [6.45, 7) is 6.75. The number of nitrogens with zero attached hydrogens (tertiary/aromatic N) is 2. The predicted molar refractivity (Wildman–Crippen MR) is 106 cm³/mol. The van der Waals surface area contributed by atoms with Crippen LogP contribution in [-0.4, -0.2) is 42.8 Å². The summed E-state index contributed by atoms with van der Waals surface area (Å²) in [5, 5.41) is 0. The van der Waals surface area contributed by atoms with E-state index in [1.807, 2.05) is 16.7 Å². The van der Waals surface area contributed by atoms with E-state index in [9.17, 15) is 14.0 Å². The van der Waals surface area contributed by atoms with Crippen LogP contribution in [0.5, 0.6) is 0 Å². The number of rotatable bonds is 5. The molecule has 0 bridgehead atoms. The van der Waals surface area contributed by atoms with Crippen molar-refractivity contribution in [2.45, 2.75) is 52.4 Å². The number of amides is 1. The summed E-state index contributed by atoms with van der Waals surface area (Å²) in [5.74, 6) is 0.829. The Kier molecular flexibility index (Phi) is 6.51.